The van der Waals surface area contributed by atoms with Gasteiger partial charge in [-0.3, -0.25) is 0 Å². The molecule has 4 aromatic rings. The maximum absolute atomic E-state index is 4.48. The van der Waals surface area contributed by atoms with E-state index >= 15 is 0 Å². The molecule has 0 saturated carbocycles. The second-order valence-electron chi connectivity index (χ2n) is 6.60. The predicted octanol–water partition coefficient (Wildman–Crippen LogP) is 5.94. The van der Waals surface area contributed by atoms with Crippen LogP contribution in [-0.2, 0) is 0 Å². The Kier molecular flexibility index (Phi) is 6.96. The standard InChI is InChI=1S/2C10H12N2.C2H6/c1-8(2)9-3-4-10-11-5-6-12(10)7-9;1-8(2)9-7-12-6-4-3-5-10(12)11-9;1-2/h2*3-8H,1-2H3;1-2H3. The number of hydrogen-bond donors (Lipinski definition) is 0. The van der Waals surface area contributed by atoms with E-state index in [1.165, 1.54) is 5.56 Å². The Bertz CT molecular complexity index is 892. The van der Waals surface area contributed by atoms with Crippen LogP contribution in [0.3, 0.4) is 0 Å². The summed E-state index contributed by atoms with van der Waals surface area (Å²) in [5.74, 6) is 1.08. The van der Waals surface area contributed by atoms with Crippen molar-refractivity contribution in [3.05, 3.63) is 72.6 Å². The molecule has 4 nitrogen and oxygen atoms in total. The van der Waals surface area contributed by atoms with E-state index in [-0.39, 0.29) is 0 Å². The van der Waals surface area contributed by atoms with Gasteiger partial charge >= 0.3 is 0 Å². The molecular weight excluding hydrogens is 320 g/mol. The maximum Gasteiger partial charge on any atom is 0.136 e. The number of imidazole rings is 2. The maximum atomic E-state index is 4.48. The molecule has 26 heavy (non-hydrogen) atoms. The van der Waals surface area contributed by atoms with E-state index < -0.39 is 0 Å². The Morgan fingerprint density at radius 3 is 2.15 bits per heavy atom. The summed E-state index contributed by atoms with van der Waals surface area (Å²) in [6, 6.07) is 10.2. The molecule has 0 aromatic carbocycles. The van der Waals surface area contributed by atoms with Crippen molar-refractivity contribution in [3.63, 3.8) is 0 Å². The van der Waals surface area contributed by atoms with Crippen LogP contribution >= 0.6 is 0 Å². The van der Waals surface area contributed by atoms with Gasteiger partial charge in [0.1, 0.15) is 11.3 Å². The molecule has 0 aliphatic heterocycles. The number of hydrogen-bond acceptors (Lipinski definition) is 2. The highest BCUT2D eigenvalue weighted by molar-refractivity contribution is 5.40. The molecule has 0 saturated heterocycles. The quantitative estimate of drug-likeness (QED) is 0.448. The van der Waals surface area contributed by atoms with Gasteiger partial charge in [-0.2, -0.15) is 0 Å². The topological polar surface area (TPSA) is 34.6 Å². The Labute approximate surface area is 156 Å². The van der Waals surface area contributed by atoms with Crippen molar-refractivity contribution in [1.29, 1.82) is 0 Å². The highest BCUT2D eigenvalue weighted by Crippen LogP contribution is 2.14. The SMILES string of the molecule is CC.CC(C)c1ccc2nccn2c1.CC(C)c1cn2ccccc2n1. The summed E-state index contributed by atoms with van der Waals surface area (Å²) in [5.41, 5.74) is 4.54. The van der Waals surface area contributed by atoms with Crippen molar-refractivity contribution in [2.45, 2.75) is 53.4 Å². The molecule has 4 heterocycles. The Hall–Kier alpha value is -2.62. The van der Waals surface area contributed by atoms with Crippen LogP contribution < -0.4 is 0 Å². The summed E-state index contributed by atoms with van der Waals surface area (Å²) in [5, 5.41) is 0. The van der Waals surface area contributed by atoms with E-state index in [0.717, 1.165) is 17.0 Å². The van der Waals surface area contributed by atoms with Gasteiger partial charge in [0.2, 0.25) is 0 Å². The summed E-state index contributed by atoms with van der Waals surface area (Å²) in [7, 11) is 0. The molecule has 0 radical (unpaired) electrons. The van der Waals surface area contributed by atoms with Crippen LogP contribution in [0.1, 0.15) is 64.6 Å². The molecule has 0 atom stereocenters. The molecule has 4 heteroatoms. The van der Waals surface area contributed by atoms with Crippen LogP contribution in [0.5, 0.6) is 0 Å². The lowest BCUT2D eigenvalue weighted by molar-refractivity contribution is 0.834. The molecule has 4 aromatic heterocycles. The van der Waals surface area contributed by atoms with Gasteiger partial charge in [-0.1, -0.05) is 53.7 Å². The highest BCUT2D eigenvalue weighted by Gasteiger charge is 2.03. The van der Waals surface area contributed by atoms with Crippen LogP contribution in [0.25, 0.3) is 11.3 Å². The van der Waals surface area contributed by atoms with E-state index in [0.29, 0.717) is 11.8 Å². The lowest BCUT2D eigenvalue weighted by atomic mass is 10.1. The molecule has 4 rings (SSSR count). The number of aromatic nitrogens is 4. The van der Waals surface area contributed by atoms with Crippen molar-refractivity contribution < 1.29 is 0 Å². The molecule has 0 N–H and O–H groups in total. The van der Waals surface area contributed by atoms with Crippen molar-refractivity contribution >= 4 is 11.3 Å². The smallest absolute Gasteiger partial charge is 0.136 e. The molecule has 0 bridgehead atoms. The zero-order valence-corrected chi connectivity index (χ0v) is 16.7. The molecule has 138 valence electrons. The van der Waals surface area contributed by atoms with Gasteiger partial charge in [0.15, 0.2) is 0 Å². The minimum atomic E-state index is 0.505. The van der Waals surface area contributed by atoms with E-state index in [1.54, 1.807) is 0 Å². The molecular formula is C22H30N4. The minimum Gasteiger partial charge on any atom is -0.307 e. The van der Waals surface area contributed by atoms with Crippen LogP contribution in [0, 0.1) is 0 Å². The summed E-state index contributed by atoms with van der Waals surface area (Å²) in [6.45, 7) is 12.7. The third kappa shape index (κ3) is 4.72. The summed E-state index contributed by atoms with van der Waals surface area (Å²) >= 11 is 0. The van der Waals surface area contributed by atoms with E-state index in [1.807, 2.05) is 50.6 Å². The molecule has 0 aliphatic carbocycles. The largest absolute Gasteiger partial charge is 0.307 e. The average molecular weight is 351 g/mol. The summed E-state index contributed by atoms with van der Waals surface area (Å²) in [4.78, 5) is 8.66. The normalized spacial score (nSPS) is 10.6. The minimum absolute atomic E-state index is 0.505. The monoisotopic (exact) mass is 350 g/mol. The molecule has 0 aliphatic rings. The predicted molar refractivity (Wildman–Crippen MR) is 110 cm³/mol. The second-order valence-corrected chi connectivity index (χ2v) is 6.60. The first kappa shape index (κ1) is 19.7. The summed E-state index contributed by atoms with van der Waals surface area (Å²) in [6.07, 6.45) is 10.0. The number of pyridine rings is 2. The van der Waals surface area contributed by atoms with Crippen LogP contribution in [0.4, 0.5) is 0 Å². The van der Waals surface area contributed by atoms with Crippen LogP contribution in [0.2, 0.25) is 0 Å². The second kappa shape index (κ2) is 9.18. The van der Waals surface area contributed by atoms with Crippen molar-refractivity contribution in [1.82, 2.24) is 18.8 Å². The Morgan fingerprint density at radius 1 is 0.769 bits per heavy atom. The zero-order valence-electron chi connectivity index (χ0n) is 16.7. The zero-order chi connectivity index (χ0) is 19.1. The Balaban J connectivity index is 0.000000171. The van der Waals surface area contributed by atoms with Gasteiger partial charge in [0, 0.05) is 31.0 Å². The van der Waals surface area contributed by atoms with Gasteiger partial charge in [-0.25, -0.2) is 9.97 Å². The average Bonchev–Trinajstić information content (AvgIpc) is 3.30. The van der Waals surface area contributed by atoms with E-state index in [4.69, 9.17) is 0 Å². The fourth-order valence-electron chi connectivity index (χ4n) is 2.51. The van der Waals surface area contributed by atoms with Crippen molar-refractivity contribution in [2.75, 3.05) is 0 Å². The van der Waals surface area contributed by atoms with Crippen molar-refractivity contribution in [2.24, 2.45) is 0 Å². The third-order valence-electron chi connectivity index (χ3n) is 4.05. The lowest BCUT2D eigenvalue weighted by Gasteiger charge is -2.04. The number of nitrogens with zero attached hydrogens (tertiary/aromatic N) is 4. The van der Waals surface area contributed by atoms with Crippen LogP contribution in [-0.4, -0.2) is 18.8 Å². The molecule has 0 amide bonds. The van der Waals surface area contributed by atoms with Gasteiger partial charge in [-0.05, 0) is 35.6 Å². The van der Waals surface area contributed by atoms with Gasteiger partial charge in [0.05, 0.1) is 5.69 Å². The summed E-state index contributed by atoms with van der Waals surface area (Å²) < 4.78 is 4.10. The fraction of sp³-hybridized carbons (Fsp3) is 0.364. The number of fused-ring (bicyclic) bond motifs is 2. The van der Waals surface area contributed by atoms with Gasteiger partial charge in [-0.15, -0.1) is 0 Å². The van der Waals surface area contributed by atoms with Crippen LogP contribution in [0.15, 0.2) is 61.3 Å². The van der Waals surface area contributed by atoms with Gasteiger partial charge < -0.3 is 8.80 Å². The van der Waals surface area contributed by atoms with Crippen molar-refractivity contribution in [3.8, 4) is 0 Å². The van der Waals surface area contributed by atoms with E-state index in [2.05, 4.69) is 71.0 Å². The first-order valence-corrected chi connectivity index (χ1v) is 9.41. The molecule has 0 unspecified atom stereocenters. The lowest BCUT2D eigenvalue weighted by Crippen LogP contribution is -1.91. The number of rotatable bonds is 2. The molecule has 0 spiro atoms. The first-order chi connectivity index (χ1) is 12.5. The highest BCUT2D eigenvalue weighted by atomic mass is 15.0. The Morgan fingerprint density at radius 2 is 1.50 bits per heavy atom. The van der Waals surface area contributed by atoms with Gasteiger partial charge in [0.25, 0.3) is 0 Å². The van der Waals surface area contributed by atoms with E-state index in [9.17, 15) is 0 Å². The molecule has 0 fully saturated rings. The first-order valence-electron chi connectivity index (χ1n) is 9.41. The third-order valence-corrected chi connectivity index (χ3v) is 4.05. The fourth-order valence-corrected chi connectivity index (χ4v) is 2.51.